The molecule has 4 rings (SSSR count). The van der Waals surface area contributed by atoms with Gasteiger partial charge in [-0.15, -0.1) is 0 Å². The first-order valence-corrected chi connectivity index (χ1v) is 15.5. The number of halogens is 3. The molecular formula is C27H30BrCl2N4O2P. The molecule has 0 N–H and O–H groups in total. The summed E-state index contributed by atoms with van der Waals surface area (Å²) in [5, 5.41) is 1.64. The Morgan fingerprint density at radius 3 is 2.24 bits per heavy atom. The van der Waals surface area contributed by atoms with Crippen LogP contribution in [0.5, 0.6) is 5.75 Å². The third kappa shape index (κ3) is 5.17. The van der Waals surface area contributed by atoms with Gasteiger partial charge in [-0.25, -0.2) is 18.9 Å². The number of benzene rings is 3. The molecule has 10 heteroatoms. The van der Waals surface area contributed by atoms with E-state index in [1.807, 2.05) is 30.3 Å². The summed E-state index contributed by atoms with van der Waals surface area (Å²) in [4.78, 5) is 16.2. The number of nitrogens with zero attached hydrogens (tertiary/aromatic N) is 4. The SMILES string of the molecule is CCN(CC)c1ccc2c(c1)OC(=O)N(c1ccc(Cl)c(Cl)c1)P2(=Nc1ccccc1Br)N(CC)CC. The van der Waals surface area contributed by atoms with E-state index in [1.54, 1.807) is 22.9 Å². The maximum Gasteiger partial charge on any atom is 0.425 e. The van der Waals surface area contributed by atoms with Crippen LogP contribution in [0.2, 0.25) is 10.0 Å². The van der Waals surface area contributed by atoms with Crippen molar-refractivity contribution in [3.05, 3.63) is 75.2 Å². The summed E-state index contributed by atoms with van der Waals surface area (Å²) in [5.74, 6) is 0.529. The highest BCUT2D eigenvalue weighted by Gasteiger charge is 2.46. The van der Waals surface area contributed by atoms with Crippen LogP contribution < -0.4 is 19.6 Å². The van der Waals surface area contributed by atoms with Crippen molar-refractivity contribution in [1.29, 1.82) is 0 Å². The molecule has 0 radical (unpaired) electrons. The fourth-order valence-electron chi connectivity index (χ4n) is 4.60. The van der Waals surface area contributed by atoms with Gasteiger partial charge in [0.05, 0.1) is 26.7 Å². The Labute approximate surface area is 237 Å². The molecule has 1 aliphatic rings. The molecule has 1 amide bonds. The van der Waals surface area contributed by atoms with Crippen molar-refractivity contribution in [3.8, 4) is 5.75 Å². The fraction of sp³-hybridized carbons (Fsp3) is 0.296. The molecule has 0 aliphatic carbocycles. The molecule has 3 aromatic carbocycles. The molecule has 6 nitrogen and oxygen atoms in total. The summed E-state index contributed by atoms with van der Waals surface area (Å²) in [5.41, 5.74) is 2.33. The lowest BCUT2D eigenvalue weighted by atomic mass is 10.2. The summed E-state index contributed by atoms with van der Waals surface area (Å²) in [6.07, 6.45) is -0.501. The molecule has 1 unspecified atom stereocenters. The normalized spacial score (nSPS) is 17.0. The Bertz CT molecular complexity index is 1360. The van der Waals surface area contributed by atoms with Gasteiger partial charge in [0.15, 0.2) is 7.36 Å². The van der Waals surface area contributed by atoms with E-state index in [1.165, 1.54) is 0 Å². The highest BCUT2D eigenvalue weighted by Crippen LogP contribution is 2.63. The molecule has 1 atom stereocenters. The zero-order valence-electron chi connectivity index (χ0n) is 21.3. The predicted molar refractivity (Wildman–Crippen MR) is 161 cm³/mol. The Kier molecular flexibility index (Phi) is 8.93. The second-order valence-corrected chi connectivity index (χ2v) is 12.8. The van der Waals surface area contributed by atoms with Gasteiger partial charge < -0.3 is 9.64 Å². The van der Waals surface area contributed by atoms with Crippen molar-refractivity contribution in [3.63, 3.8) is 0 Å². The minimum Gasteiger partial charge on any atom is -0.409 e. The smallest absolute Gasteiger partial charge is 0.409 e. The van der Waals surface area contributed by atoms with Crippen molar-refractivity contribution in [2.75, 3.05) is 35.7 Å². The Hall–Kier alpha value is -2.02. The Balaban J connectivity index is 2.12. The lowest BCUT2D eigenvalue weighted by Gasteiger charge is -2.46. The second-order valence-electron chi connectivity index (χ2n) is 8.36. The summed E-state index contributed by atoms with van der Waals surface area (Å²) in [6, 6.07) is 19.1. The van der Waals surface area contributed by atoms with Gasteiger partial charge in [-0.2, -0.15) is 0 Å². The van der Waals surface area contributed by atoms with Crippen LogP contribution in [0.25, 0.3) is 0 Å². The van der Waals surface area contributed by atoms with Crippen LogP contribution in [0.15, 0.2) is 69.9 Å². The number of fused-ring (bicyclic) bond motifs is 1. The minimum absolute atomic E-state index is 0.355. The maximum atomic E-state index is 13.9. The molecule has 196 valence electrons. The Morgan fingerprint density at radius 1 is 0.919 bits per heavy atom. The number of hydrogen-bond donors (Lipinski definition) is 0. The number of carbonyl (C=O) groups excluding carboxylic acids is 1. The summed E-state index contributed by atoms with van der Waals surface area (Å²) < 4.78 is 16.2. The van der Waals surface area contributed by atoms with Gasteiger partial charge in [-0.3, -0.25) is 0 Å². The number of rotatable bonds is 8. The number of anilines is 2. The van der Waals surface area contributed by atoms with Crippen LogP contribution in [0.4, 0.5) is 21.9 Å². The van der Waals surface area contributed by atoms with Crippen LogP contribution in [-0.4, -0.2) is 36.9 Å². The lowest BCUT2D eigenvalue weighted by molar-refractivity contribution is 0.210. The molecule has 3 aromatic rings. The van der Waals surface area contributed by atoms with Gasteiger partial charge in [0.25, 0.3) is 0 Å². The highest BCUT2D eigenvalue weighted by atomic mass is 79.9. The van der Waals surface area contributed by atoms with E-state index in [0.717, 1.165) is 34.2 Å². The zero-order chi connectivity index (χ0) is 26.7. The Morgan fingerprint density at radius 2 is 1.62 bits per heavy atom. The van der Waals surface area contributed by atoms with Crippen molar-refractivity contribution < 1.29 is 9.53 Å². The van der Waals surface area contributed by atoms with Crippen LogP contribution in [0.1, 0.15) is 27.7 Å². The highest BCUT2D eigenvalue weighted by molar-refractivity contribution is 9.10. The first kappa shape index (κ1) is 28.0. The third-order valence-electron chi connectivity index (χ3n) is 6.42. The van der Waals surface area contributed by atoms with E-state index in [-0.39, 0.29) is 0 Å². The average molecular weight is 624 g/mol. The van der Waals surface area contributed by atoms with Gasteiger partial charge >= 0.3 is 6.09 Å². The first-order chi connectivity index (χ1) is 17.8. The number of amides is 1. The molecule has 0 saturated carbocycles. The minimum atomic E-state index is -2.96. The van der Waals surface area contributed by atoms with Gasteiger partial charge in [-0.05, 0) is 72.2 Å². The molecule has 37 heavy (non-hydrogen) atoms. The average Bonchev–Trinajstić information content (AvgIpc) is 2.88. The van der Waals surface area contributed by atoms with Crippen molar-refractivity contribution in [1.82, 2.24) is 4.67 Å². The van der Waals surface area contributed by atoms with Crippen molar-refractivity contribution in [2.45, 2.75) is 27.7 Å². The van der Waals surface area contributed by atoms with E-state index in [0.29, 0.717) is 34.6 Å². The molecule has 0 spiro atoms. The zero-order valence-corrected chi connectivity index (χ0v) is 25.3. The van der Waals surface area contributed by atoms with Gasteiger partial charge in [0, 0.05) is 42.4 Å². The molecule has 0 saturated heterocycles. The van der Waals surface area contributed by atoms with E-state index in [2.05, 4.69) is 65.3 Å². The summed E-state index contributed by atoms with van der Waals surface area (Å²) >= 11 is 16.4. The molecule has 0 aromatic heterocycles. The summed E-state index contributed by atoms with van der Waals surface area (Å²) in [7, 11) is -2.96. The van der Waals surface area contributed by atoms with Crippen LogP contribution in [0, 0.1) is 0 Å². The quantitative estimate of drug-likeness (QED) is 0.235. The van der Waals surface area contributed by atoms with Gasteiger partial charge in [-0.1, -0.05) is 49.2 Å². The molecule has 0 fully saturated rings. The standard InChI is InChI=1S/C27H30BrCl2N4O2P/c1-5-32(6-2)19-14-16-26-25(18-19)36-27(35)34(20-13-15-22(29)23(30)17-20)37(26,33(7-3)8-4)31-24-12-10-9-11-21(24)28/h9-18H,5-8H2,1-4H3. The van der Waals surface area contributed by atoms with Gasteiger partial charge in [0.2, 0.25) is 0 Å². The monoisotopic (exact) mass is 622 g/mol. The molecule has 1 heterocycles. The van der Waals surface area contributed by atoms with E-state index in [4.69, 9.17) is 32.7 Å². The topological polar surface area (TPSA) is 48.4 Å². The fourth-order valence-corrected chi connectivity index (χ4v) is 9.16. The van der Waals surface area contributed by atoms with E-state index < -0.39 is 13.4 Å². The van der Waals surface area contributed by atoms with E-state index >= 15 is 0 Å². The van der Waals surface area contributed by atoms with Crippen LogP contribution >= 0.6 is 46.5 Å². The third-order valence-corrected chi connectivity index (χ3v) is 11.6. The lowest BCUT2D eigenvalue weighted by Crippen LogP contribution is -2.46. The number of carbonyl (C=O) groups is 1. The van der Waals surface area contributed by atoms with Gasteiger partial charge in [0.1, 0.15) is 5.75 Å². The number of hydrogen-bond acceptors (Lipinski definition) is 4. The van der Waals surface area contributed by atoms with Crippen molar-refractivity contribution >= 4 is 74.9 Å². The number of ether oxygens (including phenoxy) is 1. The first-order valence-electron chi connectivity index (χ1n) is 12.3. The molecule has 1 aliphatic heterocycles. The van der Waals surface area contributed by atoms with E-state index in [9.17, 15) is 4.79 Å². The molecule has 0 bridgehead atoms. The summed E-state index contributed by atoms with van der Waals surface area (Å²) in [6.45, 7) is 11.4. The maximum absolute atomic E-state index is 13.9. The largest absolute Gasteiger partial charge is 0.425 e. The predicted octanol–water partition coefficient (Wildman–Crippen LogP) is 8.95. The second kappa shape index (κ2) is 11.8. The van der Waals surface area contributed by atoms with Crippen LogP contribution in [-0.2, 0) is 0 Å². The van der Waals surface area contributed by atoms with Crippen LogP contribution in [0.3, 0.4) is 0 Å². The molecular weight excluding hydrogens is 594 g/mol. The van der Waals surface area contributed by atoms with Crippen molar-refractivity contribution in [2.24, 2.45) is 4.74 Å².